The number of alkyl halides is 3. The van der Waals surface area contributed by atoms with Gasteiger partial charge in [-0.25, -0.2) is 9.37 Å². The predicted molar refractivity (Wildman–Crippen MR) is 102 cm³/mol. The van der Waals surface area contributed by atoms with Gasteiger partial charge in [0.15, 0.2) is 0 Å². The molecule has 1 aliphatic rings. The van der Waals surface area contributed by atoms with Crippen molar-refractivity contribution in [2.24, 2.45) is 0 Å². The second-order valence-electron chi connectivity index (χ2n) is 7.25. The number of anilines is 1. The Balaban J connectivity index is 1.52. The minimum atomic E-state index is -4.47. The van der Waals surface area contributed by atoms with Crippen molar-refractivity contribution in [2.75, 3.05) is 18.0 Å². The van der Waals surface area contributed by atoms with E-state index in [1.807, 2.05) is 0 Å². The Hall–Kier alpha value is -3.07. The molecule has 4 rings (SSSR count). The van der Waals surface area contributed by atoms with Crippen LogP contribution in [0.2, 0.25) is 0 Å². The van der Waals surface area contributed by atoms with Crippen LogP contribution in [0.1, 0.15) is 24.0 Å². The highest BCUT2D eigenvalue weighted by Crippen LogP contribution is 2.37. The number of piperidine rings is 1. The third-order valence-electron chi connectivity index (χ3n) is 5.27. The number of hydrogen-bond donors (Lipinski definition) is 1. The fourth-order valence-corrected chi connectivity index (χ4v) is 3.57. The Bertz CT molecular complexity index is 1050. The molecule has 0 aliphatic carbocycles. The summed E-state index contributed by atoms with van der Waals surface area (Å²) in [5.41, 5.74) is -0.900. The van der Waals surface area contributed by atoms with Crippen LogP contribution in [0.3, 0.4) is 0 Å². The van der Waals surface area contributed by atoms with Crippen LogP contribution in [0.25, 0.3) is 11.3 Å². The van der Waals surface area contributed by atoms with Crippen molar-refractivity contribution in [2.45, 2.75) is 24.6 Å². The minimum Gasteiger partial charge on any atom is -0.385 e. The molecule has 0 amide bonds. The normalized spacial score (nSPS) is 16.5. The third-order valence-corrected chi connectivity index (χ3v) is 5.27. The summed E-state index contributed by atoms with van der Waals surface area (Å²) in [4.78, 5) is 6.23. The number of nitrogens with zero attached hydrogens (tertiary/aromatic N) is 4. The van der Waals surface area contributed by atoms with Gasteiger partial charge in [-0.15, -0.1) is 5.10 Å². The van der Waals surface area contributed by atoms with E-state index in [2.05, 4.69) is 15.2 Å². The molecule has 0 saturated carbocycles. The molecule has 0 unspecified atom stereocenters. The van der Waals surface area contributed by atoms with Gasteiger partial charge in [0.2, 0.25) is 5.95 Å². The molecule has 1 N–H and O–H groups in total. The summed E-state index contributed by atoms with van der Waals surface area (Å²) in [6.45, 7) is 0.669. The second-order valence-corrected chi connectivity index (χ2v) is 7.25. The largest absolute Gasteiger partial charge is 0.416 e. The summed E-state index contributed by atoms with van der Waals surface area (Å²) >= 11 is 0. The standard InChI is InChI=1S/C21H18F4N4O/c22-17-6-1-3-14(11-17)18-13-26-28-19(27-18)29-9-7-20(30,8-10-29)15-4-2-5-16(12-15)21(23,24)25/h1-6,11-13,30H,7-10H2. The molecule has 1 aliphatic heterocycles. The topological polar surface area (TPSA) is 62.1 Å². The predicted octanol–water partition coefficient (Wildman–Crippen LogP) is 4.18. The van der Waals surface area contributed by atoms with Crippen molar-refractivity contribution in [3.63, 3.8) is 0 Å². The van der Waals surface area contributed by atoms with Crippen LogP contribution in [0.15, 0.2) is 54.7 Å². The lowest BCUT2D eigenvalue weighted by molar-refractivity contribution is -0.137. The van der Waals surface area contributed by atoms with Gasteiger partial charge in [-0.2, -0.15) is 18.3 Å². The Kier molecular flexibility index (Phi) is 5.15. The minimum absolute atomic E-state index is 0.210. The zero-order chi connectivity index (χ0) is 21.4. The highest BCUT2D eigenvalue weighted by Gasteiger charge is 2.37. The summed E-state index contributed by atoms with van der Waals surface area (Å²) in [5, 5.41) is 18.9. The highest BCUT2D eigenvalue weighted by atomic mass is 19.4. The van der Waals surface area contributed by atoms with Crippen LogP contribution >= 0.6 is 0 Å². The number of aliphatic hydroxyl groups is 1. The van der Waals surface area contributed by atoms with Crippen molar-refractivity contribution in [1.29, 1.82) is 0 Å². The molecule has 0 radical (unpaired) electrons. The van der Waals surface area contributed by atoms with Crippen LogP contribution in [0.4, 0.5) is 23.5 Å². The fraction of sp³-hybridized carbons (Fsp3) is 0.286. The average Bonchev–Trinajstić information content (AvgIpc) is 2.74. The summed E-state index contributed by atoms with van der Waals surface area (Å²) in [6, 6.07) is 10.7. The van der Waals surface area contributed by atoms with Crippen LogP contribution in [-0.4, -0.2) is 33.4 Å². The maximum Gasteiger partial charge on any atom is 0.416 e. The van der Waals surface area contributed by atoms with Gasteiger partial charge in [0.05, 0.1) is 23.1 Å². The summed E-state index contributed by atoms with van der Waals surface area (Å²) in [6.07, 6.45) is -2.62. The first-order chi connectivity index (χ1) is 14.2. The zero-order valence-electron chi connectivity index (χ0n) is 15.8. The molecule has 2 heterocycles. The molecule has 1 saturated heterocycles. The van der Waals surface area contributed by atoms with E-state index in [4.69, 9.17) is 0 Å². The molecule has 9 heteroatoms. The molecule has 0 atom stereocenters. The quantitative estimate of drug-likeness (QED) is 0.647. The Morgan fingerprint density at radius 2 is 1.73 bits per heavy atom. The molecular weight excluding hydrogens is 400 g/mol. The van der Waals surface area contributed by atoms with E-state index >= 15 is 0 Å². The Morgan fingerprint density at radius 3 is 2.43 bits per heavy atom. The molecule has 1 fully saturated rings. The van der Waals surface area contributed by atoms with Gasteiger partial charge in [-0.1, -0.05) is 24.3 Å². The molecule has 2 aromatic carbocycles. The van der Waals surface area contributed by atoms with Gasteiger partial charge in [0.25, 0.3) is 0 Å². The van der Waals surface area contributed by atoms with E-state index < -0.39 is 23.2 Å². The third kappa shape index (κ3) is 4.11. The van der Waals surface area contributed by atoms with Crippen molar-refractivity contribution in [3.05, 3.63) is 71.7 Å². The molecule has 3 aromatic rings. The monoisotopic (exact) mass is 418 g/mol. The SMILES string of the molecule is OC1(c2cccc(C(F)(F)F)c2)CCN(c2nncc(-c3cccc(F)c3)n2)CC1. The molecule has 0 spiro atoms. The molecule has 156 valence electrons. The first kappa shape index (κ1) is 20.2. The maximum atomic E-state index is 13.5. The second kappa shape index (κ2) is 7.64. The van der Waals surface area contributed by atoms with Gasteiger partial charge in [0.1, 0.15) is 5.82 Å². The Morgan fingerprint density at radius 1 is 1.00 bits per heavy atom. The summed E-state index contributed by atoms with van der Waals surface area (Å²) in [5.74, 6) is -0.0698. The van der Waals surface area contributed by atoms with Crippen molar-refractivity contribution >= 4 is 5.95 Å². The first-order valence-corrected chi connectivity index (χ1v) is 9.35. The molecule has 0 bridgehead atoms. The lowest BCUT2D eigenvalue weighted by Crippen LogP contribution is -2.43. The van der Waals surface area contributed by atoms with E-state index in [0.29, 0.717) is 30.3 Å². The van der Waals surface area contributed by atoms with E-state index in [9.17, 15) is 22.7 Å². The maximum absolute atomic E-state index is 13.5. The van der Waals surface area contributed by atoms with Gasteiger partial charge in [-0.3, -0.25) is 0 Å². The number of rotatable bonds is 3. The lowest BCUT2D eigenvalue weighted by atomic mass is 9.84. The number of halogens is 4. The molecule has 1 aromatic heterocycles. The number of hydrogen-bond acceptors (Lipinski definition) is 5. The smallest absolute Gasteiger partial charge is 0.385 e. The average molecular weight is 418 g/mol. The van der Waals surface area contributed by atoms with E-state index in [0.717, 1.165) is 12.1 Å². The van der Waals surface area contributed by atoms with Crippen LogP contribution < -0.4 is 4.90 Å². The highest BCUT2D eigenvalue weighted by molar-refractivity contribution is 5.59. The number of benzene rings is 2. The molecule has 5 nitrogen and oxygen atoms in total. The van der Waals surface area contributed by atoms with Crippen molar-refractivity contribution < 1.29 is 22.7 Å². The van der Waals surface area contributed by atoms with E-state index in [1.165, 1.54) is 30.5 Å². The number of aromatic nitrogens is 3. The van der Waals surface area contributed by atoms with Crippen LogP contribution in [-0.2, 0) is 11.8 Å². The lowest BCUT2D eigenvalue weighted by Gasteiger charge is -2.38. The van der Waals surface area contributed by atoms with Crippen molar-refractivity contribution in [1.82, 2.24) is 15.2 Å². The fourth-order valence-electron chi connectivity index (χ4n) is 3.57. The van der Waals surface area contributed by atoms with Crippen LogP contribution in [0.5, 0.6) is 0 Å². The summed E-state index contributed by atoms with van der Waals surface area (Å²) < 4.78 is 52.5. The Labute approximate surface area is 170 Å². The van der Waals surface area contributed by atoms with Crippen molar-refractivity contribution in [3.8, 4) is 11.3 Å². The first-order valence-electron chi connectivity index (χ1n) is 9.35. The molecular formula is C21H18F4N4O. The zero-order valence-corrected chi connectivity index (χ0v) is 15.8. The van der Waals surface area contributed by atoms with E-state index in [1.54, 1.807) is 17.0 Å². The molecule has 30 heavy (non-hydrogen) atoms. The van der Waals surface area contributed by atoms with Gasteiger partial charge in [0, 0.05) is 18.7 Å². The summed E-state index contributed by atoms with van der Waals surface area (Å²) in [7, 11) is 0. The van der Waals surface area contributed by atoms with E-state index in [-0.39, 0.29) is 18.4 Å². The van der Waals surface area contributed by atoms with Crippen LogP contribution in [0, 0.1) is 5.82 Å². The van der Waals surface area contributed by atoms with Gasteiger partial charge >= 0.3 is 6.18 Å². The van der Waals surface area contributed by atoms with Gasteiger partial charge in [-0.05, 0) is 42.7 Å². The van der Waals surface area contributed by atoms with Gasteiger partial charge < -0.3 is 10.0 Å².